The Morgan fingerprint density at radius 3 is 3.10 bits per heavy atom. The van der Waals surface area contributed by atoms with Crippen LogP contribution in [0.1, 0.15) is 17.5 Å². The van der Waals surface area contributed by atoms with Crippen molar-refractivity contribution in [2.45, 2.75) is 25.5 Å². The van der Waals surface area contributed by atoms with Gasteiger partial charge in [-0.3, -0.25) is 4.90 Å². The zero-order valence-electron chi connectivity index (χ0n) is 11.2. The fourth-order valence-electron chi connectivity index (χ4n) is 3.09. The summed E-state index contributed by atoms with van der Waals surface area (Å²) in [5.74, 6) is 1.08. The van der Waals surface area contributed by atoms with E-state index in [1.165, 1.54) is 5.56 Å². The Kier molecular flexibility index (Phi) is 3.97. The Morgan fingerprint density at radius 1 is 1.45 bits per heavy atom. The van der Waals surface area contributed by atoms with Crippen LogP contribution in [0.4, 0.5) is 0 Å². The molecule has 1 N–H and O–H groups in total. The number of hydrogen-bond acceptors (Lipinski definition) is 4. The summed E-state index contributed by atoms with van der Waals surface area (Å²) in [5.41, 5.74) is 2.42. The second-order valence-electron chi connectivity index (χ2n) is 5.54. The normalized spacial score (nSPS) is 25.2. The molecule has 2 aliphatic rings. The number of likely N-dealkylation sites (tertiary alicyclic amines) is 1. The first-order valence-corrected chi connectivity index (χ1v) is 7.68. The van der Waals surface area contributed by atoms with Gasteiger partial charge in [-0.1, -0.05) is 15.9 Å². The summed E-state index contributed by atoms with van der Waals surface area (Å²) < 4.78 is 6.81. The number of rotatable bonds is 3. The third-order valence-electron chi connectivity index (χ3n) is 4.05. The van der Waals surface area contributed by atoms with Crippen molar-refractivity contribution < 1.29 is 9.84 Å². The van der Waals surface area contributed by atoms with Crippen LogP contribution in [0.15, 0.2) is 16.6 Å². The minimum Gasteiger partial charge on any atom is -0.493 e. The van der Waals surface area contributed by atoms with E-state index in [-0.39, 0.29) is 5.92 Å². The van der Waals surface area contributed by atoms with Crippen LogP contribution in [0.2, 0.25) is 0 Å². The maximum Gasteiger partial charge on any atom is 0.127 e. The minimum absolute atomic E-state index is 0.0705. The van der Waals surface area contributed by atoms with E-state index in [1.807, 2.05) is 0 Å². The second kappa shape index (κ2) is 5.72. The average molecular weight is 337 g/mol. The third kappa shape index (κ3) is 2.69. The van der Waals surface area contributed by atoms with Gasteiger partial charge in [-0.2, -0.15) is 5.26 Å². The van der Waals surface area contributed by atoms with Gasteiger partial charge >= 0.3 is 0 Å². The van der Waals surface area contributed by atoms with E-state index in [1.54, 1.807) is 0 Å². The molecular formula is C15H17BrN2O2. The lowest BCUT2D eigenvalue weighted by molar-refractivity contribution is 0.142. The Balaban J connectivity index is 1.75. The predicted molar refractivity (Wildman–Crippen MR) is 78.3 cm³/mol. The molecule has 1 aromatic rings. The first kappa shape index (κ1) is 13.9. The number of benzene rings is 1. The van der Waals surface area contributed by atoms with Crippen molar-refractivity contribution in [3.63, 3.8) is 0 Å². The largest absolute Gasteiger partial charge is 0.493 e. The average Bonchev–Trinajstić information content (AvgIpc) is 2.97. The summed E-state index contributed by atoms with van der Waals surface area (Å²) in [6, 6.07) is 6.36. The highest BCUT2D eigenvalue weighted by Crippen LogP contribution is 2.34. The summed E-state index contributed by atoms with van der Waals surface area (Å²) in [5, 5.41) is 18.8. The number of nitriles is 1. The van der Waals surface area contributed by atoms with E-state index in [0.29, 0.717) is 13.0 Å². The van der Waals surface area contributed by atoms with Gasteiger partial charge in [0.2, 0.25) is 0 Å². The minimum atomic E-state index is -0.393. The van der Waals surface area contributed by atoms with Crippen molar-refractivity contribution in [3.8, 4) is 11.8 Å². The summed E-state index contributed by atoms with van der Waals surface area (Å²) >= 11 is 3.55. The maximum absolute atomic E-state index is 9.98. The summed E-state index contributed by atoms with van der Waals surface area (Å²) in [6.45, 7) is 2.92. The Labute approximate surface area is 127 Å². The third-order valence-corrected chi connectivity index (χ3v) is 4.51. The highest BCUT2D eigenvalue weighted by Gasteiger charge is 2.31. The number of β-amino-alcohol motifs (C(OH)–C–C–N with tert-alkyl or cyclic N) is 1. The molecule has 0 spiro atoms. The molecule has 0 unspecified atom stereocenters. The molecule has 0 bridgehead atoms. The van der Waals surface area contributed by atoms with Crippen molar-refractivity contribution in [1.29, 1.82) is 5.26 Å². The number of ether oxygens (including phenoxy) is 1. The van der Waals surface area contributed by atoms with Crippen molar-refractivity contribution in [3.05, 3.63) is 27.7 Å². The van der Waals surface area contributed by atoms with Gasteiger partial charge in [0.25, 0.3) is 0 Å². The van der Waals surface area contributed by atoms with E-state index in [4.69, 9.17) is 10.00 Å². The fourth-order valence-corrected chi connectivity index (χ4v) is 3.65. The predicted octanol–water partition coefficient (Wildman–Crippen LogP) is 2.09. The number of aliphatic hydroxyl groups is 1. The Hall–Kier alpha value is -1.09. The van der Waals surface area contributed by atoms with Gasteiger partial charge in [-0.05, 0) is 17.7 Å². The van der Waals surface area contributed by atoms with Crippen LogP contribution in [0.5, 0.6) is 5.75 Å². The Morgan fingerprint density at radius 2 is 2.30 bits per heavy atom. The molecule has 2 atom stereocenters. The molecule has 2 heterocycles. The smallest absolute Gasteiger partial charge is 0.127 e. The standard InChI is InChI=1S/C15H17BrN2O2/c16-13-5-10-2-4-20-15(10)12(6-13)8-18-7-11(1-3-17)14(19)9-18/h5-6,11,14,19H,1-2,4,7-9H2/t11-,14-/m1/s1. The van der Waals surface area contributed by atoms with Crippen LogP contribution in [0.25, 0.3) is 0 Å². The van der Waals surface area contributed by atoms with Crippen molar-refractivity contribution in [2.24, 2.45) is 5.92 Å². The molecule has 1 aromatic carbocycles. The number of halogens is 1. The molecule has 3 rings (SSSR count). The molecule has 2 aliphatic heterocycles. The fraction of sp³-hybridized carbons (Fsp3) is 0.533. The van der Waals surface area contributed by atoms with Crippen LogP contribution in [-0.2, 0) is 13.0 Å². The zero-order valence-corrected chi connectivity index (χ0v) is 12.8. The SMILES string of the molecule is N#CC[C@@H]1CN(Cc2cc(Br)cc3c2OCC3)C[C@H]1O. The van der Waals surface area contributed by atoms with Gasteiger partial charge in [0.1, 0.15) is 5.75 Å². The van der Waals surface area contributed by atoms with E-state index in [2.05, 4.69) is 39.0 Å². The van der Waals surface area contributed by atoms with Gasteiger partial charge in [0.15, 0.2) is 0 Å². The highest BCUT2D eigenvalue weighted by atomic mass is 79.9. The monoisotopic (exact) mass is 336 g/mol. The highest BCUT2D eigenvalue weighted by molar-refractivity contribution is 9.10. The van der Waals surface area contributed by atoms with Crippen molar-refractivity contribution in [1.82, 2.24) is 4.90 Å². The Bertz CT molecular complexity index is 556. The molecule has 0 aliphatic carbocycles. The lowest BCUT2D eigenvalue weighted by atomic mass is 10.0. The van der Waals surface area contributed by atoms with Crippen LogP contribution in [-0.4, -0.2) is 35.8 Å². The van der Waals surface area contributed by atoms with Crippen molar-refractivity contribution in [2.75, 3.05) is 19.7 Å². The molecule has 5 heteroatoms. The number of fused-ring (bicyclic) bond motifs is 1. The van der Waals surface area contributed by atoms with Gasteiger partial charge < -0.3 is 9.84 Å². The molecule has 0 radical (unpaired) electrons. The van der Waals surface area contributed by atoms with Gasteiger partial charge in [0, 0.05) is 48.4 Å². The van der Waals surface area contributed by atoms with Gasteiger partial charge in [0.05, 0.1) is 18.8 Å². The number of hydrogen-bond donors (Lipinski definition) is 1. The molecule has 20 heavy (non-hydrogen) atoms. The molecule has 0 saturated carbocycles. The first-order valence-electron chi connectivity index (χ1n) is 6.89. The zero-order chi connectivity index (χ0) is 14.1. The lowest BCUT2D eigenvalue weighted by Crippen LogP contribution is -2.21. The molecule has 1 fully saturated rings. The molecule has 4 nitrogen and oxygen atoms in total. The maximum atomic E-state index is 9.98. The van der Waals surface area contributed by atoms with E-state index in [9.17, 15) is 5.11 Å². The van der Waals surface area contributed by atoms with Crippen molar-refractivity contribution >= 4 is 15.9 Å². The number of nitrogens with zero attached hydrogens (tertiary/aromatic N) is 2. The first-order chi connectivity index (χ1) is 9.67. The summed E-state index contributed by atoms with van der Waals surface area (Å²) in [4.78, 5) is 2.20. The van der Waals surface area contributed by atoms with E-state index < -0.39 is 6.10 Å². The van der Waals surface area contributed by atoms with Gasteiger partial charge in [-0.25, -0.2) is 0 Å². The van der Waals surface area contributed by atoms with E-state index >= 15 is 0 Å². The quantitative estimate of drug-likeness (QED) is 0.918. The molecule has 0 aromatic heterocycles. The van der Waals surface area contributed by atoms with Crippen LogP contribution in [0.3, 0.4) is 0 Å². The molecule has 106 valence electrons. The summed E-state index contributed by atoms with van der Waals surface area (Å²) in [6.07, 6.45) is 0.988. The topological polar surface area (TPSA) is 56.5 Å². The lowest BCUT2D eigenvalue weighted by Gasteiger charge is -2.17. The molecular weight excluding hydrogens is 320 g/mol. The van der Waals surface area contributed by atoms with Crippen LogP contribution in [0, 0.1) is 17.2 Å². The number of aliphatic hydroxyl groups excluding tert-OH is 1. The summed E-state index contributed by atoms with van der Waals surface area (Å²) in [7, 11) is 0. The molecule has 0 amide bonds. The van der Waals surface area contributed by atoms with Gasteiger partial charge in [-0.15, -0.1) is 0 Å². The molecule has 1 saturated heterocycles. The van der Waals surface area contributed by atoms with Crippen LogP contribution >= 0.6 is 15.9 Å². The van der Waals surface area contributed by atoms with E-state index in [0.717, 1.165) is 41.9 Å². The second-order valence-corrected chi connectivity index (χ2v) is 6.45. The van der Waals surface area contributed by atoms with Crippen LogP contribution < -0.4 is 4.74 Å².